The van der Waals surface area contributed by atoms with Gasteiger partial charge in [-0.3, -0.25) is 0 Å². The van der Waals surface area contributed by atoms with Gasteiger partial charge in [0.05, 0.1) is 5.69 Å². The summed E-state index contributed by atoms with van der Waals surface area (Å²) in [7, 11) is -0.452. The molecule has 0 amide bonds. The molecule has 1 aliphatic carbocycles. The van der Waals surface area contributed by atoms with Gasteiger partial charge in [0.15, 0.2) is 5.89 Å². The van der Waals surface area contributed by atoms with E-state index >= 15 is 0 Å². The molecule has 3 rings (SSSR count). The third-order valence-electron chi connectivity index (χ3n) is 4.06. The summed E-state index contributed by atoms with van der Waals surface area (Å²) in [5.74, 6) is 1.21. The fourth-order valence-corrected chi connectivity index (χ4v) is 3.09. The van der Waals surface area contributed by atoms with Crippen molar-refractivity contribution in [1.29, 1.82) is 0 Å². The van der Waals surface area contributed by atoms with Crippen LogP contribution < -0.4 is 5.23 Å². The maximum Gasteiger partial charge on any atom is 0.373 e. The molecule has 1 aliphatic rings. The maximum atomic E-state index is 9.39. The van der Waals surface area contributed by atoms with Crippen LogP contribution in [0.4, 0.5) is 0 Å². The Morgan fingerprint density at radius 1 is 1.33 bits per heavy atom. The highest BCUT2D eigenvalue weighted by Crippen LogP contribution is 2.34. The zero-order valence-electron chi connectivity index (χ0n) is 12.3. The highest BCUT2D eigenvalue weighted by molar-refractivity contribution is 6.45. The minimum Gasteiger partial charge on any atom is -0.448 e. The average molecular weight is 284 g/mol. The minimum absolute atomic E-state index is 0.361. The Labute approximate surface area is 125 Å². The van der Waals surface area contributed by atoms with E-state index in [9.17, 15) is 5.02 Å². The van der Waals surface area contributed by atoms with E-state index in [0.29, 0.717) is 12.0 Å². The third-order valence-corrected chi connectivity index (χ3v) is 4.06. The summed E-state index contributed by atoms with van der Waals surface area (Å²) in [4.78, 5) is 4.64. The predicted molar refractivity (Wildman–Crippen MR) is 83.1 cm³/mol. The summed E-state index contributed by atoms with van der Waals surface area (Å²) in [6.07, 6.45) is 5.70. The Morgan fingerprint density at radius 2 is 2.14 bits per heavy atom. The van der Waals surface area contributed by atoms with E-state index in [1.807, 2.05) is 18.2 Å². The molecule has 0 bridgehead atoms. The zero-order chi connectivity index (χ0) is 14.7. The van der Waals surface area contributed by atoms with Gasteiger partial charge in [0, 0.05) is 12.3 Å². The highest BCUT2D eigenvalue weighted by atomic mass is 16.3. The second-order valence-corrected chi connectivity index (χ2v) is 5.89. The van der Waals surface area contributed by atoms with Crippen LogP contribution in [0.3, 0.4) is 0 Å². The molecule has 21 heavy (non-hydrogen) atoms. The summed E-state index contributed by atoms with van der Waals surface area (Å²) >= 11 is 0. The van der Waals surface area contributed by atoms with Crippen LogP contribution >= 0.6 is 0 Å². The van der Waals surface area contributed by atoms with Gasteiger partial charge < -0.3 is 14.7 Å². The van der Waals surface area contributed by atoms with Crippen molar-refractivity contribution in [3.8, 4) is 0 Å². The van der Waals surface area contributed by atoms with Crippen LogP contribution in [-0.4, -0.2) is 23.1 Å². The first kappa shape index (κ1) is 14.4. The minimum atomic E-state index is -0.452. The van der Waals surface area contributed by atoms with Crippen LogP contribution in [0.1, 0.15) is 42.3 Å². The summed E-state index contributed by atoms with van der Waals surface area (Å²) < 4.78 is 5.67. The number of hydrogen-bond acceptors (Lipinski definition) is 4. The molecule has 0 spiro atoms. The fraction of sp³-hybridized carbons (Fsp3) is 0.438. The standard InChI is InChI=1S/C16H21BN2O2/c1-17(20)19-14-8-7-13(10-14)16-18-15(11-21-16)9-12-5-3-2-4-6-12/h2-6,11,13-14,19-20H,7-10H2,1H3. The molecule has 5 heteroatoms. The average Bonchev–Trinajstić information content (AvgIpc) is 3.08. The number of hydrogen-bond donors (Lipinski definition) is 2. The molecule has 110 valence electrons. The highest BCUT2D eigenvalue weighted by Gasteiger charge is 2.30. The van der Waals surface area contributed by atoms with Gasteiger partial charge in [0.25, 0.3) is 0 Å². The van der Waals surface area contributed by atoms with Crippen LogP contribution in [0, 0.1) is 0 Å². The molecule has 1 aromatic carbocycles. The molecule has 2 atom stereocenters. The molecule has 2 aromatic rings. The Kier molecular flexibility index (Phi) is 4.41. The molecular formula is C16H21BN2O2. The fourth-order valence-electron chi connectivity index (χ4n) is 3.09. The van der Waals surface area contributed by atoms with Gasteiger partial charge in [-0.25, -0.2) is 4.98 Å². The Bertz CT molecular complexity index is 571. The molecule has 0 saturated heterocycles. The zero-order valence-corrected chi connectivity index (χ0v) is 12.3. The first-order valence-electron chi connectivity index (χ1n) is 7.63. The van der Waals surface area contributed by atoms with Gasteiger partial charge in [0.1, 0.15) is 6.26 Å². The molecule has 2 unspecified atom stereocenters. The van der Waals surface area contributed by atoms with Crippen molar-refractivity contribution >= 4 is 7.05 Å². The van der Waals surface area contributed by atoms with E-state index in [0.717, 1.165) is 37.3 Å². The second kappa shape index (κ2) is 6.45. The first-order valence-corrected chi connectivity index (χ1v) is 7.63. The lowest BCUT2D eigenvalue weighted by atomic mass is 9.87. The SMILES string of the molecule is CB(O)NC1CCC(c2nc(Cc3ccccc3)co2)C1. The topological polar surface area (TPSA) is 58.3 Å². The van der Waals surface area contributed by atoms with Crippen molar-refractivity contribution in [2.75, 3.05) is 0 Å². The van der Waals surface area contributed by atoms with Gasteiger partial charge in [-0.2, -0.15) is 0 Å². The normalized spacial score (nSPS) is 21.6. The van der Waals surface area contributed by atoms with Gasteiger partial charge in [-0.15, -0.1) is 0 Å². The van der Waals surface area contributed by atoms with Crippen LogP contribution in [-0.2, 0) is 6.42 Å². The van der Waals surface area contributed by atoms with Crippen molar-refractivity contribution in [2.45, 2.75) is 44.5 Å². The second-order valence-electron chi connectivity index (χ2n) is 5.89. The van der Waals surface area contributed by atoms with Crippen molar-refractivity contribution in [3.05, 3.63) is 53.7 Å². The summed E-state index contributed by atoms with van der Waals surface area (Å²) in [5.41, 5.74) is 2.24. The summed E-state index contributed by atoms with van der Waals surface area (Å²) in [6, 6.07) is 10.7. The molecule has 0 aliphatic heterocycles. The van der Waals surface area contributed by atoms with E-state index in [-0.39, 0.29) is 0 Å². The molecule has 1 saturated carbocycles. The van der Waals surface area contributed by atoms with Crippen molar-refractivity contribution in [3.63, 3.8) is 0 Å². The molecule has 1 fully saturated rings. The Morgan fingerprint density at radius 3 is 2.90 bits per heavy atom. The van der Waals surface area contributed by atoms with Crippen molar-refractivity contribution in [1.82, 2.24) is 10.2 Å². The maximum absolute atomic E-state index is 9.39. The smallest absolute Gasteiger partial charge is 0.373 e. The predicted octanol–water partition coefficient (Wildman–Crippen LogP) is 2.60. The van der Waals surface area contributed by atoms with Crippen molar-refractivity contribution < 1.29 is 9.44 Å². The molecule has 4 nitrogen and oxygen atoms in total. The van der Waals surface area contributed by atoms with E-state index in [1.54, 1.807) is 13.1 Å². The lowest BCUT2D eigenvalue weighted by molar-refractivity contribution is 0.441. The number of nitrogens with zero attached hydrogens (tertiary/aromatic N) is 1. The number of rotatable bonds is 5. The third kappa shape index (κ3) is 3.74. The Hall–Kier alpha value is -1.59. The molecule has 1 aromatic heterocycles. The van der Waals surface area contributed by atoms with Crippen LogP contribution in [0.15, 0.2) is 41.0 Å². The van der Waals surface area contributed by atoms with Gasteiger partial charge in [-0.05, 0) is 37.7 Å². The number of aromatic nitrogens is 1. The van der Waals surface area contributed by atoms with Gasteiger partial charge >= 0.3 is 7.05 Å². The van der Waals surface area contributed by atoms with Crippen molar-refractivity contribution in [2.24, 2.45) is 0 Å². The summed E-state index contributed by atoms with van der Waals surface area (Å²) in [6.45, 7) is 1.76. The van der Waals surface area contributed by atoms with Gasteiger partial charge in [0.2, 0.25) is 0 Å². The number of benzene rings is 1. The van der Waals surface area contributed by atoms with E-state index in [2.05, 4.69) is 22.3 Å². The van der Waals surface area contributed by atoms with Crippen LogP contribution in [0.2, 0.25) is 6.82 Å². The number of oxazole rings is 1. The van der Waals surface area contributed by atoms with E-state index in [1.165, 1.54) is 5.56 Å². The molecule has 0 radical (unpaired) electrons. The largest absolute Gasteiger partial charge is 0.448 e. The van der Waals surface area contributed by atoms with Crippen LogP contribution in [0.25, 0.3) is 0 Å². The monoisotopic (exact) mass is 284 g/mol. The molecule has 2 N–H and O–H groups in total. The lowest BCUT2D eigenvalue weighted by Crippen LogP contribution is -2.38. The Balaban J connectivity index is 1.61. The van der Waals surface area contributed by atoms with E-state index < -0.39 is 7.05 Å². The molecule has 1 heterocycles. The van der Waals surface area contributed by atoms with Gasteiger partial charge in [-0.1, -0.05) is 30.3 Å². The van der Waals surface area contributed by atoms with E-state index in [4.69, 9.17) is 4.42 Å². The van der Waals surface area contributed by atoms with Crippen LogP contribution in [0.5, 0.6) is 0 Å². The number of nitrogens with one attached hydrogen (secondary N) is 1. The molecular weight excluding hydrogens is 263 g/mol. The lowest BCUT2D eigenvalue weighted by Gasteiger charge is -2.12. The summed E-state index contributed by atoms with van der Waals surface area (Å²) in [5, 5.41) is 12.6. The quantitative estimate of drug-likeness (QED) is 0.829. The first-order chi connectivity index (χ1) is 10.2.